The maximum absolute atomic E-state index is 12.6. The molecule has 3 nitrogen and oxygen atoms in total. The van der Waals surface area contributed by atoms with Crippen LogP contribution in [0.25, 0.3) is 0 Å². The molecule has 0 fully saturated rings. The molecule has 0 aliphatic carbocycles. The number of halogens is 3. The van der Waals surface area contributed by atoms with Crippen LogP contribution in [0.3, 0.4) is 0 Å². The van der Waals surface area contributed by atoms with E-state index in [1.54, 1.807) is 20.3 Å². The molecule has 0 heterocycles. The molecule has 1 rings (SSSR count). The fraction of sp³-hybridized carbons (Fsp3) is 0.647. The minimum Gasteiger partial charge on any atom is -0.375 e. The van der Waals surface area contributed by atoms with Crippen LogP contribution in [0.15, 0.2) is 24.3 Å². The van der Waals surface area contributed by atoms with Gasteiger partial charge in [0.1, 0.15) is 0 Å². The van der Waals surface area contributed by atoms with Crippen LogP contribution in [0.5, 0.6) is 0 Å². The van der Waals surface area contributed by atoms with Gasteiger partial charge in [0.2, 0.25) is 0 Å². The molecule has 0 saturated heterocycles. The normalized spacial score (nSPS) is 13.5. The van der Waals surface area contributed by atoms with Crippen LogP contribution in [-0.4, -0.2) is 29.9 Å². The van der Waals surface area contributed by atoms with Crippen molar-refractivity contribution in [3.63, 3.8) is 0 Å². The molecule has 137 valence electrons. The standard InChI is InChI=1S/C17H26F3O3Si/c1-14(23-24(21-2)22-3)9-6-4-5-7-10-15-11-8-12-16(13-15)17(18,19)20/h8,11-14H,4-7,9-10H2,1-3H3. The summed E-state index contributed by atoms with van der Waals surface area (Å²) in [5, 5.41) is 0. The SMILES string of the molecule is CO[Si](OC)OC(C)CCCCCCc1cccc(C(F)(F)F)c1. The van der Waals surface area contributed by atoms with Gasteiger partial charge in [-0.1, -0.05) is 37.5 Å². The largest absolute Gasteiger partial charge is 0.577 e. The molecule has 0 bridgehead atoms. The van der Waals surface area contributed by atoms with E-state index in [2.05, 4.69) is 0 Å². The first-order chi connectivity index (χ1) is 11.4. The van der Waals surface area contributed by atoms with Crippen molar-refractivity contribution in [1.29, 1.82) is 0 Å². The van der Waals surface area contributed by atoms with Crippen LogP contribution in [0.4, 0.5) is 13.2 Å². The molecular weight excluding hydrogens is 337 g/mol. The second kappa shape index (κ2) is 10.9. The third-order valence-electron chi connectivity index (χ3n) is 3.71. The molecule has 0 aliphatic rings. The van der Waals surface area contributed by atoms with Crippen molar-refractivity contribution in [3.05, 3.63) is 35.4 Å². The average Bonchev–Trinajstić information content (AvgIpc) is 2.55. The van der Waals surface area contributed by atoms with Gasteiger partial charge in [0, 0.05) is 20.3 Å². The van der Waals surface area contributed by atoms with Gasteiger partial charge in [-0.3, -0.25) is 0 Å². The molecule has 0 spiro atoms. The summed E-state index contributed by atoms with van der Waals surface area (Å²) in [6, 6.07) is 5.59. The van der Waals surface area contributed by atoms with E-state index in [4.69, 9.17) is 13.3 Å². The second-order valence-electron chi connectivity index (χ2n) is 5.74. The van der Waals surface area contributed by atoms with Crippen molar-refractivity contribution in [3.8, 4) is 0 Å². The van der Waals surface area contributed by atoms with Crippen LogP contribution >= 0.6 is 0 Å². The van der Waals surface area contributed by atoms with Crippen LogP contribution < -0.4 is 0 Å². The zero-order valence-electron chi connectivity index (χ0n) is 14.5. The summed E-state index contributed by atoms with van der Waals surface area (Å²) in [7, 11) is 1.52. The quantitative estimate of drug-likeness (QED) is 0.414. The van der Waals surface area contributed by atoms with Gasteiger partial charge in [-0.15, -0.1) is 0 Å². The minimum atomic E-state index is -4.27. The maximum Gasteiger partial charge on any atom is 0.577 e. The third kappa shape index (κ3) is 8.28. The summed E-state index contributed by atoms with van der Waals surface area (Å²) < 4.78 is 53.7. The van der Waals surface area contributed by atoms with Crippen molar-refractivity contribution < 1.29 is 26.4 Å². The summed E-state index contributed by atoms with van der Waals surface area (Å²) in [6.45, 7) is 1.99. The number of hydrogen-bond donors (Lipinski definition) is 0. The fourth-order valence-electron chi connectivity index (χ4n) is 2.42. The maximum atomic E-state index is 12.6. The monoisotopic (exact) mass is 363 g/mol. The first kappa shape index (κ1) is 21.2. The van der Waals surface area contributed by atoms with Gasteiger partial charge in [0.05, 0.1) is 5.56 Å². The lowest BCUT2D eigenvalue weighted by Gasteiger charge is -2.16. The number of benzene rings is 1. The number of aryl methyl sites for hydroxylation is 1. The summed E-state index contributed by atoms with van der Waals surface area (Å²) in [5.74, 6) is 0. The highest BCUT2D eigenvalue weighted by molar-refractivity contribution is 6.36. The molecule has 1 aromatic rings. The van der Waals surface area contributed by atoms with Crippen LogP contribution in [0.2, 0.25) is 0 Å². The Morgan fingerprint density at radius 1 is 1.04 bits per heavy atom. The lowest BCUT2D eigenvalue weighted by molar-refractivity contribution is -0.137. The fourth-order valence-corrected chi connectivity index (χ4v) is 3.23. The van der Waals surface area contributed by atoms with Gasteiger partial charge in [-0.05, 0) is 37.8 Å². The topological polar surface area (TPSA) is 27.7 Å². The minimum absolute atomic E-state index is 0.0854. The van der Waals surface area contributed by atoms with E-state index >= 15 is 0 Å². The van der Waals surface area contributed by atoms with E-state index in [0.717, 1.165) is 43.7 Å². The highest BCUT2D eigenvalue weighted by Crippen LogP contribution is 2.29. The number of rotatable bonds is 11. The molecule has 0 N–H and O–H groups in total. The van der Waals surface area contributed by atoms with Gasteiger partial charge in [-0.25, -0.2) is 0 Å². The predicted octanol–water partition coefficient (Wildman–Crippen LogP) is 4.88. The zero-order chi connectivity index (χ0) is 18.0. The van der Waals surface area contributed by atoms with Crippen molar-refractivity contribution in [2.24, 2.45) is 0 Å². The molecule has 1 atom stereocenters. The van der Waals surface area contributed by atoms with Crippen LogP contribution in [-0.2, 0) is 25.9 Å². The molecule has 1 unspecified atom stereocenters. The highest BCUT2D eigenvalue weighted by atomic mass is 28.3. The number of unbranched alkanes of at least 4 members (excludes halogenated alkanes) is 3. The summed E-state index contributed by atoms with van der Waals surface area (Å²) in [4.78, 5) is 0. The first-order valence-electron chi connectivity index (χ1n) is 8.14. The molecular formula is C17H26F3O3Si. The highest BCUT2D eigenvalue weighted by Gasteiger charge is 2.30. The molecule has 0 aliphatic heterocycles. The molecule has 1 radical (unpaired) electrons. The Morgan fingerprint density at radius 3 is 2.33 bits per heavy atom. The Labute approximate surface area is 144 Å². The predicted molar refractivity (Wildman–Crippen MR) is 88.6 cm³/mol. The molecule has 7 heteroatoms. The molecule has 0 amide bonds. The average molecular weight is 363 g/mol. The first-order valence-corrected chi connectivity index (χ1v) is 9.37. The Hall–Kier alpha value is -0.893. The molecule has 0 aromatic heterocycles. The van der Waals surface area contributed by atoms with Gasteiger partial charge < -0.3 is 13.3 Å². The zero-order valence-corrected chi connectivity index (χ0v) is 15.5. The lowest BCUT2D eigenvalue weighted by Crippen LogP contribution is -2.28. The molecule has 0 saturated carbocycles. The lowest BCUT2D eigenvalue weighted by atomic mass is 10.0. The van der Waals surface area contributed by atoms with Gasteiger partial charge in [0.15, 0.2) is 0 Å². The second-order valence-corrected chi connectivity index (χ2v) is 7.29. The summed E-state index contributed by atoms with van der Waals surface area (Å²) in [5.41, 5.74) is 0.175. The Kier molecular flexibility index (Phi) is 9.58. The third-order valence-corrected chi connectivity index (χ3v) is 4.97. The Bertz CT molecular complexity index is 465. The van der Waals surface area contributed by atoms with Gasteiger partial charge in [-0.2, -0.15) is 13.2 Å². The van der Waals surface area contributed by atoms with E-state index < -0.39 is 21.3 Å². The Balaban J connectivity index is 2.18. The van der Waals surface area contributed by atoms with E-state index in [1.807, 2.05) is 6.92 Å². The van der Waals surface area contributed by atoms with Gasteiger partial charge >= 0.3 is 15.7 Å². The van der Waals surface area contributed by atoms with Gasteiger partial charge in [0.25, 0.3) is 0 Å². The molecule has 24 heavy (non-hydrogen) atoms. The number of hydrogen-bond acceptors (Lipinski definition) is 3. The Morgan fingerprint density at radius 2 is 1.71 bits per heavy atom. The van der Waals surface area contributed by atoms with Crippen LogP contribution in [0.1, 0.15) is 50.2 Å². The smallest absolute Gasteiger partial charge is 0.375 e. The van der Waals surface area contributed by atoms with Crippen molar-refractivity contribution in [2.75, 3.05) is 14.2 Å². The van der Waals surface area contributed by atoms with E-state index in [-0.39, 0.29) is 6.10 Å². The van der Waals surface area contributed by atoms with Crippen molar-refractivity contribution >= 4 is 9.53 Å². The van der Waals surface area contributed by atoms with E-state index in [0.29, 0.717) is 6.42 Å². The van der Waals surface area contributed by atoms with Crippen molar-refractivity contribution in [1.82, 2.24) is 0 Å². The van der Waals surface area contributed by atoms with E-state index in [1.165, 1.54) is 12.1 Å². The number of alkyl halides is 3. The van der Waals surface area contributed by atoms with Crippen LogP contribution in [0, 0.1) is 0 Å². The summed E-state index contributed by atoms with van der Waals surface area (Å²) in [6.07, 6.45) is 1.36. The van der Waals surface area contributed by atoms with Crippen molar-refractivity contribution in [2.45, 2.75) is 57.7 Å². The molecule has 1 aromatic carbocycles. The van der Waals surface area contributed by atoms with E-state index in [9.17, 15) is 13.2 Å². The summed E-state index contributed by atoms with van der Waals surface area (Å²) >= 11 is 0.